The molecule has 2 aromatic carbocycles. The van der Waals surface area contributed by atoms with Crippen molar-refractivity contribution in [1.29, 1.82) is 0 Å². The van der Waals surface area contributed by atoms with Crippen molar-refractivity contribution < 1.29 is 32.5 Å². The van der Waals surface area contributed by atoms with E-state index in [4.69, 9.17) is 14.2 Å². The zero-order chi connectivity index (χ0) is 21.7. The van der Waals surface area contributed by atoms with Gasteiger partial charge in [-0.2, -0.15) is 8.78 Å². The van der Waals surface area contributed by atoms with Crippen LogP contribution in [0.5, 0.6) is 23.0 Å². The SMILES string of the molecule is CCOc1cccc2c1OCC(C(=O)N(C)Cc1ccc(OC)c(OC(F)F)c1)=C2. The molecule has 0 spiro atoms. The van der Waals surface area contributed by atoms with E-state index >= 15 is 0 Å². The van der Waals surface area contributed by atoms with Gasteiger partial charge in [-0.25, -0.2) is 0 Å². The van der Waals surface area contributed by atoms with Gasteiger partial charge in [0, 0.05) is 19.2 Å². The number of methoxy groups -OCH3 is 1. The molecule has 0 N–H and O–H groups in total. The van der Waals surface area contributed by atoms with Crippen LogP contribution in [0.25, 0.3) is 6.08 Å². The van der Waals surface area contributed by atoms with Gasteiger partial charge < -0.3 is 23.8 Å². The fourth-order valence-electron chi connectivity index (χ4n) is 3.17. The highest BCUT2D eigenvalue weighted by Crippen LogP contribution is 2.36. The second-order valence-electron chi connectivity index (χ2n) is 6.59. The number of rotatable bonds is 8. The highest BCUT2D eigenvalue weighted by molar-refractivity contribution is 5.99. The predicted octanol–water partition coefficient (Wildman–Crippen LogP) is 4.13. The number of ether oxygens (including phenoxy) is 4. The van der Waals surface area contributed by atoms with Crippen LogP contribution < -0.4 is 18.9 Å². The van der Waals surface area contributed by atoms with Gasteiger partial charge in [-0.15, -0.1) is 0 Å². The van der Waals surface area contributed by atoms with E-state index in [9.17, 15) is 13.6 Å². The van der Waals surface area contributed by atoms with Crippen molar-refractivity contribution in [1.82, 2.24) is 4.90 Å². The Morgan fingerprint density at radius 1 is 1.20 bits per heavy atom. The quantitative estimate of drug-likeness (QED) is 0.644. The van der Waals surface area contributed by atoms with Crippen molar-refractivity contribution in [2.24, 2.45) is 0 Å². The van der Waals surface area contributed by atoms with Crippen LogP contribution in [0, 0.1) is 0 Å². The minimum absolute atomic E-state index is 0.0801. The minimum Gasteiger partial charge on any atom is -0.493 e. The number of nitrogens with zero attached hydrogens (tertiary/aromatic N) is 1. The number of hydrogen-bond donors (Lipinski definition) is 0. The monoisotopic (exact) mass is 419 g/mol. The van der Waals surface area contributed by atoms with Crippen LogP contribution in [0.3, 0.4) is 0 Å². The van der Waals surface area contributed by atoms with Crippen molar-refractivity contribution in [2.75, 3.05) is 27.4 Å². The van der Waals surface area contributed by atoms with E-state index in [0.717, 1.165) is 5.56 Å². The summed E-state index contributed by atoms with van der Waals surface area (Å²) >= 11 is 0. The van der Waals surface area contributed by atoms with Gasteiger partial charge in [-0.05, 0) is 36.8 Å². The Bertz CT molecular complexity index is 945. The maximum Gasteiger partial charge on any atom is 0.387 e. The predicted molar refractivity (Wildman–Crippen MR) is 107 cm³/mol. The first-order valence-corrected chi connectivity index (χ1v) is 9.39. The molecule has 160 valence electrons. The third-order valence-electron chi connectivity index (χ3n) is 4.50. The van der Waals surface area contributed by atoms with Gasteiger partial charge in [0.25, 0.3) is 5.91 Å². The van der Waals surface area contributed by atoms with E-state index in [0.29, 0.717) is 29.2 Å². The molecule has 0 saturated carbocycles. The van der Waals surface area contributed by atoms with Gasteiger partial charge in [-0.1, -0.05) is 18.2 Å². The first-order chi connectivity index (χ1) is 14.4. The Kier molecular flexibility index (Phi) is 6.76. The van der Waals surface area contributed by atoms with E-state index in [1.54, 1.807) is 19.2 Å². The standard InChI is InChI=1S/C22H23F2NO5/c1-4-28-18-7-5-6-15-11-16(13-29-20(15)18)21(26)25(2)12-14-8-9-17(27-3)19(10-14)30-22(23)24/h5-11,22H,4,12-13H2,1-3H3. The smallest absolute Gasteiger partial charge is 0.387 e. The number of halogens is 2. The third kappa shape index (κ3) is 4.82. The lowest BCUT2D eigenvalue weighted by molar-refractivity contribution is -0.126. The lowest BCUT2D eigenvalue weighted by atomic mass is 10.1. The van der Waals surface area contributed by atoms with Crippen LogP contribution in [-0.4, -0.2) is 44.8 Å². The van der Waals surface area contributed by atoms with Gasteiger partial charge in [-0.3, -0.25) is 4.79 Å². The number of carbonyl (C=O) groups excluding carboxylic acids is 1. The largest absolute Gasteiger partial charge is 0.493 e. The summed E-state index contributed by atoms with van der Waals surface area (Å²) in [5, 5.41) is 0. The normalized spacial score (nSPS) is 12.5. The summed E-state index contributed by atoms with van der Waals surface area (Å²) in [6, 6.07) is 10.2. The summed E-state index contributed by atoms with van der Waals surface area (Å²) < 4.78 is 46.1. The first-order valence-electron chi connectivity index (χ1n) is 9.39. The molecule has 0 aromatic heterocycles. The molecule has 0 bridgehead atoms. The van der Waals surface area contributed by atoms with Gasteiger partial charge in [0.1, 0.15) is 6.61 Å². The van der Waals surface area contributed by atoms with Gasteiger partial charge in [0.05, 0.1) is 19.3 Å². The van der Waals surface area contributed by atoms with Gasteiger partial charge in [0.15, 0.2) is 23.0 Å². The summed E-state index contributed by atoms with van der Waals surface area (Å²) in [4.78, 5) is 14.4. The number of amides is 1. The molecule has 0 atom stereocenters. The van der Waals surface area contributed by atoms with Crippen LogP contribution in [0.4, 0.5) is 8.78 Å². The number of carbonyl (C=O) groups is 1. The summed E-state index contributed by atoms with van der Waals surface area (Å²) in [6.45, 7) is -0.260. The lowest BCUT2D eigenvalue weighted by Crippen LogP contribution is -2.30. The van der Waals surface area contributed by atoms with Crippen LogP contribution in [0.15, 0.2) is 42.0 Å². The number of alkyl halides is 2. The Balaban J connectivity index is 1.76. The Morgan fingerprint density at radius 3 is 2.70 bits per heavy atom. The van der Waals surface area contributed by atoms with Crippen LogP contribution in [-0.2, 0) is 11.3 Å². The molecule has 1 aliphatic rings. The zero-order valence-electron chi connectivity index (χ0n) is 17.0. The molecule has 0 saturated heterocycles. The van der Waals surface area contributed by atoms with Crippen LogP contribution >= 0.6 is 0 Å². The summed E-state index contributed by atoms with van der Waals surface area (Å²) in [7, 11) is 3.00. The van der Waals surface area contributed by atoms with Crippen molar-refractivity contribution in [3.05, 3.63) is 53.1 Å². The number of benzene rings is 2. The fraction of sp³-hybridized carbons (Fsp3) is 0.318. The summed E-state index contributed by atoms with van der Waals surface area (Å²) in [6.07, 6.45) is 1.78. The maximum atomic E-state index is 12.9. The lowest BCUT2D eigenvalue weighted by Gasteiger charge is -2.24. The first kappa shape index (κ1) is 21.4. The molecule has 0 unspecified atom stereocenters. The van der Waals surface area contributed by atoms with Crippen molar-refractivity contribution in [2.45, 2.75) is 20.1 Å². The van der Waals surface area contributed by atoms with E-state index in [2.05, 4.69) is 4.74 Å². The minimum atomic E-state index is -2.97. The number of para-hydroxylation sites is 1. The highest BCUT2D eigenvalue weighted by Gasteiger charge is 2.23. The average Bonchev–Trinajstić information content (AvgIpc) is 2.73. The highest BCUT2D eigenvalue weighted by atomic mass is 19.3. The molecule has 0 radical (unpaired) electrons. The number of likely N-dealkylation sites (N-methyl/N-ethyl adjacent to an activating group) is 1. The third-order valence-corrected chi connectivity index (χ3v) is 4.50. The molecule has 30 heavy (non-hydrogen) atoms. The van der Waals surface area contributed by atoms with E-state index < -0.39 is 6.61 Å². The number of fused-ring (bicyclic) bond motifs is 1. The van der Waals surface area contributed by atoms with Crippen molar-refractivity contribution in [3.63, 3.8) is 0 Å². The molecule has 6 nitrogen and oxygen atoms in total. The Labute approximate surface area is 173 Å². The Hall–Kier alpha value is -3.29. The van der Waals surface area contributed by atoms with Crippen molar-refractivity contribution in [3.8, 4) is 23.0 Å². The zero-order valence-corrected chi connectivity index (χ0v) is 17.0. The summed E-state index contributed by atoms with van der Waals surface area (Å²) in [5.74, 6) is 1.13. The molecule has 0 aliphatic carbocycles. The fourth-order valence-corrected chi connectivity index (χ4v) is 3.17. The van der Waals surface area contributed by atoms with Gasteiger partial charge in [0.2, 0.25) is 0 Å². The summed E-state index contributed by atoms with van der Waals surface area (Å²) in [5.41, 5.74) is 1.87. The van der Waals surface area contributed by atoms with E-state index in [-0.39, 0.29) is 30.6 Å². The van der Waals surface area contributed by atoms with Crippen LogP contribution in [0.2, 0.25) is 0 Å². The molecule has 8 heteroatoms. The second-order valence-corrected chi connectivity index (χ2v) is 6.59. The van der Waals surface area contributed by atoms with Gasteiger partial charge >= 0.3 is 6.61 Å². The molecule has 1 heterocycles. The molecule has 1 aliphatic heterocycles. The van der Waals surface area contributed by atoms with Crippen LogP contribution in [0.1, 0.15) is 18.1 Å². The number of hydrogen-bond acceptors (Lipinski definition) is 5. The molecular formula is C22H23F2NO5. The maximum absolute atomic E-state index is 12.9. The average molecular weight is 419 g/mol. The molecule has 0 fully saturated rings. The molecule has 2 aromatic rings. The Morgan fingerprint density at radius 2 is 2.00 bits per heavy atom. The molecular weight excluding hydrogens is 396 g/mol. The van der Waals surface area contributed by atoms with E-state index in [1.165, 1.54) is 24.1 Å². The molecule has 1 amide bonds. The second kappa shape index (κ2) is 9.47. The van der Waals surface area contributed by atoms with E-state index in [1.807, 2.05) is 25.1 Å². The van der Waals surface area contributed by atoms with Crippen molar-refractivity contribution >= 4 is 12.0 Å². The topological polar surface area (TPSA) is 57.2 Å². The molecule has 3 rings (SSSR count).